The van der Waals surface area contributed by atoms with Crippen LogP contribution in [0.1, 0.15) is 25.5 Å². The molecule has 0 saturated carbocycles. The van der Waals surface area contributed by atoms with Crippen LogP contribution in [0, 0.1) is 5.82 Å². The van der Waals surface area contributed by atoms with Gasteiger partial charge in [0, 0.05) is 22.8 Å². The number of hydrogen-bond acceptors (Lipinski definition) is 3. The highest BCUT2D eigenvalue weighted by atomic mass is 35.5. The van der Waals surface area contributed by atoms with Crippen molar-refractivity contribution in [3.8, 4) is 0 Å². The summed E-state index contributed by atoms with van der Waals surface area (Å²) < 4.78 is 19.0. The Kier molecular flexibility index (Phi) is 4.71. The number of nitrogens with one attached hydrogen (secondary N) is 1. The summed E-state index contributed by atoms with van der Waals surface area (Å²) >= 11 is 6.06. The lowest BCUT2D eigenvalue weighted by Gasteiger charge is -2.35. The fourth-order valence-corrected chi connectivity index (χ4v) is 2.81. The van der Waals surface area contributed by atoms with Crippen molar-refractivity contribution in [3.05, 3.63) is 45.9 Å². The molecule has 118 valence electrons. The maximum atomic E-state index is 14.2. The number of amides is 2. The smallest absolute Gasteiger partial charge is 0.337 e. The summed E-state index contributed by atoms with van der Waals surface area (Å²) in [6.07, 6.45) is 0. The van der Waals surface area contributed by atoms with Gasteiger partial charge in [0.25, 0.3) is 0 Å². The van der Waals surface area contributed by atoms with Crippen molar-refractivity contribution in [2.45, 2.75) is 19.9 Å². The standard InChI is InChI=1S/C15H16ClFN2O3/c1-4-19-8(2)11(14(20)22-3)13(18-15(19)21)12-9(16)6-5-7-10(12)17/h5-7,13H,4H2,1-3H3,(H,18,21)/t13-/m1/s1. The zero-order valence-corrected chi connectivity index (χ0v) is 13.2. The molecule has 0 spiro atoms. The first kappa shape index (κ1) is 16.3. The maximum absolute atomic E-state index is 14.2. The van der Waals surface area contributed by atoms with Gasteiger partial charge in [0.2, 0.25) is 0 Å². The van der Waals surface area contributed by atoms with Crippen molar-refractivity contribution in [1.82, 2.24) is 10.2 Å². The number of nitrogens with zero attached hydrogens (tertiary/aromatic N) is 1. The van der Waals surface area contributed by atoms with E-state index in [0.29, 0.717) is 12.2 Å². The number of methoxy groups -OCH3 is 1. The minimum Gasteiger partial charge on any atom is -0.466 e. The molecule has 1 N–H and O–H groups in total. The second kappa shape index (κ2) is 6.36. The van der Waals surface area contributed by atoms with Crippen molar-refractivity contribution in [2.24, 2.45) is 0 Å². The molecular formula is C15H16ClFN2O3. The number of carbonyl (C=O) groups excluding carboxylic acids is 2. The predicted octanol–water partition coefficient (Wildman–Crippen LogP) is 3.01. The average molecular weight is 327 g/mol. The lowest BCUT2D eigenvalue weighted by atomic mass is 9.94. The third-order valence-corrected chi connectivity index (χ3v) is 3.94. The summed E-state index contributed by atoms with van der Waals surface area (Å²) in [5, 5.41) is 2.74. The van der Waals surface area contributed by atoms with Crippen LogP contribution in [0.5, 0.6) is 0 Å². The molecule has 1 atom stereocenters. The van der Waals surface area contributed by atoms with E-state index in [-0.39, 0.29) is 16.2 Å². The molecule has 0 bridgehead atoms. The molecule has 0 unspecified atom stereocenters. The van der Waals surface area contributed by atoms with E-state index in [9.17, 15) is 14.0 Å². The lowest BCUT2D eigenvalue weighted by molar-refractivity contribution is -0.136. The third kappa shape index (κ3) is 2.66. The number of benzene rings is 1. The molecule has 1 aromatic rings. The molecule has 5 nitrogen and oxygen atoms in total. The van der Waals surface area contributed by atoms with Crippen molar-refractivity contribution in [2.75, 3.05) is 13.7 Å². The number of rotatable bonds is 3. The van der Waals surface area contributed by atoms with Gasteiger partial charge in [-0.1, -0.05) is 17.7 Å². The van der Waals surface area contributed by atoms with Crippen molar-refractivity contribution >= 4 is 23.6 Å². The number of allylic oxidation sites excluding steroid dienone is 1. The van der Waals surface area contributed by atoms with Crippen molar-refractivity contribution < 1.29 is 18.7 Å². The van der Waals surface area contributed by atoms with Gasteiger partial charge in [-0.3, -0.25) is 4.90 Å². The lowest BCUT2D eigenvalue weighted by Crippen LogP contribution is -2.48. The number of urea groups is 1. The second-order valence-corrected chi connectivity index (χ2v) is 5.16. The second-order valence-electron chi connectivity index (χ2n) is 4.75. The van der Waals surface area contributed by atoms with Crippen molar-refractivity contribution in [1.29, 1.82) is 0 Å². The van der Waals surface area contributed by atoms with Crippen LogP contribution in [0.25, 0.3) is 0 Å². The minimum absolute atomic E-state index is 0.0491. The molecule has 0 fully saturated rings. The molecule has 0 radical (unpaired) electrons. The number of ether oxygens (including phenoxy) is 1. The topological polar surface area (TPSA) is 58.6 Å². The molecule has 2 amide bonds. The van der Waals surface area contributed by atoms with Crippen molar-refractivity contribution in [3.63, 3.8) is 0 Å². The Bertz CT molecular complexity index is 640. The molecule has 0 aliphatic carbocycles. The zero-order chi connectivity index (χ0) is 16.4. The van der Waals surface area contributed by atoms with Gasteiger partial charge in [-0.15, -0.1) is 0 Å². The Hall–Kier alpha value is -2.08. The van der Waals surface area contributed by atoms with E-state index in [1.54, 1.807) is 13.8 Å². The highest BCUT2D eigenvalue weighted by Gasteiger charge is 2.37. The quantitative estimate of drug-likeness (QED) is 0.869. The van der Waals surface area contributed by atoms with Crippen LogP contribution < -0.4 is 5.32 Å². The van der Waals surface area contributed by atoms with Crippen LogP contribution in [-0.2, 0) is 9.53 Å². The van der Waals surface area contributed by atoms with Crippen LogP contribution in [-0.4, -0.2) is 30.6 Å². The van der Waals surface area contributed by atoms with Gasteiger partial charge in [0.05, 0.1) is 18.7 Å². The molecule has 1 aliphatic rings. The first-order valence-electron chi connectivity index (χ1n) is 6.73. The highest BCUT2D eigenvalue weighted by Crippen LogP contribution is 2.35. The molecule has 0 saturated heterocycles. The van der Waals surface area contributed by atoms with Crippen LogP contribution in [0.15, 0.2) is 29.5 Å². The van der Waals surface area contributed by atoms with E-state index < -0.39 is 23.9 Å². The first-order chi connectivity index (χ1) is 10.4. The average Bonchev–Trinajstić information content (AvgIpc) is 2.46. The Morgan fingerprint density at radius 3 is 2.73 bits per heavy atom. The predicted molar refractivity (Wildman–Crippen MR) is 79.8 cm³/mol. The molecule has 7 heteroatoms. The van der Waals surface area contributed by atoms with E-state index in [1.807, 2.05) is 0 Å². The largest absolute Gasteiger partial charge is 0.466 e. The normalized spacial score (nSPS) is 18.3. The molecule has 1 heterocycles. The van der Waals surface area contributed by atoms with E-state index >= 15 is 0 Å². The summed E-state index contributed by atoms with van der Waals surface area (Å²) in [6.45, 7) is 3.76. The highest BCUT2D eigenvalue weighted by molar-refractivity contribution is 6.31. The van der Waals surface area contributed by atoms with Gasteiger partial charge >= 0.3 is 12.0 Å². The fraction of sp³-hybridized carbons (Fsp3) is 0.333. The summed E-state index contributed by atoms with van der Waals surface area (Å²) in [4.78, 5) is 25.7. The fourth-order valence-electron chi connectivity index (χ4n) is 2.54. The number of carbonyl (C=O) groups is 2. The van der Waals surface area contributed by atoms with Gasteiger partial charge < -0.3 is 10.1 Å². The molecule has 1 aliphatic heterocycles. The van der Waals surface area contributed by atoms with E-state index in [2.05, 4.69) is 5.32 Å². The Balaban J connectivity index is 2.66. The van der Waals surface area contributed by atoms with Gasteiger partial charge in [-0.25, -0.2) is 14.0 Å². The van der Waals surface area contributed by atoms with Gasteiger partial charge in [0.15, 0.2) is 0 Å². The molecule has 1 aromatic carbocycles. The Morgan fingerprint density at radius 2 is 2.18 bits per heavy atom. The Labute approximate surface area is 132 Å². The van der Waals surface area contributed by atoms with E-state index in [1.165, 1.54) is 30.2 Å². The number of halogens is 2. The summed E-state index contributed by atoms with van der Waals surface area (Å²) in [5.74, 6) is -1.24. The van der Waals surface area contributed by atoms with E-state index in [4.69, 9.17) is 16.3 Å². The molecule has 0 aromatic heterocycles. The zero-order valence-electron chi connectivity index (χ0n) is 12.4. The van der Waals surface area contributed by atoms with Gasteiger partial charge in [-0.05, 0) is 26.0 Å². The first-order valence-corrected chi connectivity index (χ1v) is 7.11. The third-order valence-electron chi connectivity index (χ3n) is 3.61. The SMILES string of the molecule is CCN1C(=O)N[C@@H](c2c(F)cccc2Cl)C(C(=O)OC)=C1C. The van der Waals surface area contributed by atoms with Crippen LogP contribution in [0.2, 0.25) is 5.02 Å². The maximum Gasteiger partial charge on any atom is 0.337 e. The van der Waals surface area contributed by atoms with Gasteiger partial charge in [-0.2, -0.15) is 0 Å². The molecule has 22 heavy (non-hydrogen) atoms. The number of hydrogen-bond donors (Lipinski definition) is 1. The molecular weight excluding hydrogens is 311 g/mol. The Morgan fingerprint density at radius 1 is 1.50 bits per heavy atom. The van der Waals surface area contributed by atoms with E-state index in [0.717, 1.165) is 0 Å². The van der Waals surface area contributed by atoms with Crippen LogP contribution in [0.3, 0.4) is 0 Å². The molecule has 2 rings (SSSR count). The summed E-state index contributed by atoms with van der Waals surface area (Å²) in [5.41, 5.74) is 0.631. The summed E-state index contributed by atoms with van der Waals surface area (Å²) in [6, 6.07) is 2.78. The van der Waals surface area contributed by atoms with Crippen LogP contribution in [0.4, 0.5) is 9.18 Å². The minimum atomic E-state index is -0.989. The van der Waals surface area contributed by atoms with Gasteiger partial charge in [0.1, 0.15) is 5.82 Å². The monoisotopic (exact) mass is 326 g/mol. The number of esters is 1. The van der Waals surface area contributed by atoms with Crippen LogP contribution >= 0.6 is 11.6 Å². The summed E-state index contributed by atoms with van der Waals surface area (Å²) in [7, 11) is 1.23.